The van der Waals surface area contributed by atoms with Gasteiger partial charge in [0.25, 0.3) is 0 Å². The second-order valence-electron chi connectivity index (χ2n) is 3.66. The zero-order valence-electron chi connectivity index (χ0n) is 9.41. The van der Waals surface area contributed by atoms with Crippen molar-refractivity contribution in [1.29, 1.82) is 0 Å². The molecular weight excluding hydrogens is 174 g/mol. The summed E-state index contributed by atoms with van der Waals surface area (Å²) in [7, 11) is 0. The van der Waals surface area contributed by atoms with Crippen LogP contribution >= 0.6 is 0 Å². The van der Waals surface area contributed by atoms with Crippen LogP contribution in [-0.2, 0) is 0 Å². The predicted molar refractivity (Wildman–Crippen MR) is 58.3 cm³/mol. The maximum absolute atomic E-state index is 4.43. The first-order valence-electron chi connectivity index (χ1n) is 5.18. The molecule has 1 heterocycles. The predicted octanol–water partition coefficient (Wildman–Crippen LogP) is 1.89. The molecule has 0 saturated heterocycles. The second-order valence-corrected chi connectivity index (χ2v) is 3.66. The lowest BCUT2D eigenvalue weighted by Gasteiger charge is -2.20. The molecule has 3 nitrogen and oxygen atoms in total. The van der Waals surface area contributed by atoms with Gasteiger partial charge < -0.3 is 5.32 Å². The fourth-order valence-corrected chi connectivity index (χ4v) is 1.48. The van der Waals surface area contributed by atoms with Gasteiger partial charge in [-0.2, -0.15) is 0 Å². The maximum atomic E-state index is 4.43. The van der Waals surface area contributed by atoms with E-state index in [-0.39, 0.29) is 0 Å². The molecule has 2 atom stereocenters. The van der Waals surface area contributed by atoms with Crippen LogP contribution in [0.2, 0.25) is 0 Å². The number of aromatic nitrogens is 2. The molecule has 0 fully saturated rings. The molecule has 1 N–H and O–H groups in total. The first-order valence-corrected chi connectivity index (χ1v) is 5.18. The second kappa shape index (κ2) is 5.05. The molecule has 0 radical (unpaired) electrons. The van der Waals surface area contributed by atoms with E-state index >= 15 is 0 Å². The highest BCUT2D eigenvalue weighted by Gasteiger charge is 2.14. The van der Waals surface area contributed by atoms with Gasteiger partial charge in [0.15, 0.2) is 0 Å². The van der Waals surface area contributed by atoms with Crippen LogP contribution in [0.3, 0.4) is 0 Å². The molecule has 0 aliphatic carbocycles. The normalized spacial score (nSPS) is 15.1. The minimum atomic E-state index is 0.427. The molecule has 1 aromatic rings. The van der Waals surface area contributed by atoms with Crippen molar-refractivity contribution in [2.24, 2.45) is 0 Å². The van der Waals surface area contributed by atoms with E-state index in [0.717, 1.165) is 18.1 Å². The number of likely N-dealkylation sites (N-methyl/N-ethyl adjacent to an activating group) is 1. The van der Waals surface area contributed by atoms with Gasteiger partial charge in [0.1, 0.15) is 5.82 Å². The molecule has 3 heteroatoms. The van der Waals surface area contributed by atoms with Crippen molar-refractivity contribution in [1.82, 2.24) is 15.3 Å². The van der Waals surface area contributed by atoms with Crippen molar-refractivity contribution in [3.05, 3.63) is 23.8 Å². The van der Waals surface area contributed by atoms with E-state index in [1.165, 1.54) is 0 Å². The van der Waals surface area contributed by atoms with Crippen LogP contribution in [0.1, 0.15) is 38.2 Å². The summed E-state index contributed by atoms with van der Waals surface area (Å²) in [6.07, 6.45) is 1.83. The lowest BCUT2D eigenvalue weighted by molar-refractivity contribution is 0.486. The number of rotatable bonds is 4. The zero-order chi connectivity index (χ0) is 10.6. The molecule has 78 valence electrons. The van der Waals surface area contributed by atoms with Gasteiger partial charge in [0, 0.05) is 23.9 Å². The Kier molecular flexibility index (Phi) is 4.01. The fraction of sp³-hybridized carbons (Fsp3) is 0.636. The van der Waals surface area contributed by atoms with Crippen molar-refractivity contribution >= 4 is 0 Å². The first kappa shape index (κ1) is 11.1. The number of nitrogens with zero attached hydrogens (tertiary/aromatic N) is 2. The van der Waals surface area contributed by atoms with Gasteiger partial charge in [-0.3, -0.25) is 0 Å². The molecule has 1 rings (SSSR count). The number of aryl methyl sites for hydroxylation is 1. The highest BCUT2D eigenvalue weighted by molar-refractivity contribution is 5.09. The van der Waals surface area contributed by atoms with Crippen LogP contribution in [0.25, 0.3) is 0 Å². The Morgan fingerprint density at radius 3 is 2.71 bits per heavy atom. The van der Waals surface area contributed by atoms with Crippen LogP contribution in [0.15, 0.2) is 12.3 Å². The van der Waals surface area contributed by atoms with E-state index in [9.17, 15) is 0 Å². The molecule has 0 bridgehead atoms. The Hall–Kier alpha value is -0.960. The third-order valence-corrected chi connectivity index (χ3v) is 2.54. The third-order valence-electron chi connectivity index (χ3n) is 2.54. The van der Waals surface area contributed by atoms with Crippen LogP contribution in [0.4, 0.5) is 0 Å². The van der Waals surface area contributed by atoms with Crippen molar-refractivity contribution < 1.29 is 0 Å². The molecule has 0 spiro atoms. The third kappa shape index (κ3) is 2.77. The van der Waals surface area contributed by atoms with E-state index in [2.05, 4.69) is 36.1 Å². The standard InChI is InChI=1S/C11H19N3/c1-5-12-9(3)8(2)11-6-7-13-10(4)14-11/h6-9,12H,5H2,1-4H3. The van der Waals surface area contributed by atoms with E-state index in [1.807, 2.05) is 19.2 Å². The van der Waals surface area contributed by atoms with Gasteiger partial charge in [-0.1, -0.05) is 13.8 Å². The van der Waals surface area contributed by atoms with Gasteiger partial charge in [-0.25, -0.2) is 9.97 Å². The lowest BCUT2D eigenvalue weighted by Crippen LogP contribution is -2.31. The number of hydrogen-bond donors (Lipinski definition) is 1. The van der Waals surface area contributed by atoms with E-state index in [1.54, 1.807) is 0 Å². The van der Waals surface area contributed by atoms with Gasteiger partial charge in [0.2, 0.25) is 0 Å². The highest BCUT2D eigenvalue weighted by atomic mass is 14.9. The van der Waals surface area contributed by atoms with Gasteiger partial charge in [-0.15, -0.1) is 0 Å². The SMILES string of the molecule is CCNC(C)C(C)c1ccnc(C)n1. The van der Waals surface area contributed by atoms with Crippen LogP contribution in [0, 0.1) is 6.92 Å². The maximum Gasteiger partial charge on any atom is 0.125 e. The summed E-state index contributed by atoms with van der Waals surface area (Å²) in [5.41, 5.74) is 1.12. The fourth-order valence-electron chi connectivity index (χ4n) is 1.48. The van der Waals surface area contributed by atoms with Crippen molar-refractivity contribution in [3.8, 4) is 0 Å². The van der Waals surface area contributed by atoms with Crippen molar-refractivity contribution in [3.63, 3.8) is 0 Å². The Bertz CT molecular complexity index is 286. The molecule has 14 heavy (non-hydrogen) atoms. The highest BCUT2D eigenvalue weighted by Crippen LogP contribution is 2.16. The monoisotopic (exact) mass is 193 g/mol. The summed E-state index contributed by atoms with van der Waals surface area (Å²) in [5, 5.41) is 3.40. The molecule has 0 aliphatic rings. The molecule has 2 unspecified atom stereocenters. The summed E-state index contributed by atoms with van der Waals surface area (Å²) in [5.74, 6) is 1.27. The van der Waals surface area contributed by atoms with Crippen LogP contribution < -0.4 is 5.32 Å². The lowest BCUT2D eigenvalue weighted by atomic mass is 9.99. The molecule has 0 amide bonds. The molecule has 0 saturated carbocycles. The Morgan fingerprint density at radius 1 is 1.43 bits per heavy atom. The summed E-state index contributed by atoms with van der Waals surface area (Å²) in [4.78, 5) is 8.52. The largest absolute Gasteiger partial charge is 0.314 e. The minimum Gasteiger partial charge on any atom is -0.314 e. The Labute approximate surface area is 86.0 Å². The average molecular weight is 193 g/mol. The van der Waals surface area contributed by atoms with E-state index < -0.39 is 0 Å². The first-order chi connectivity index (χ1) is 6.65. The topological polar surface area (TPSA) is 37.8 Å². The zero-order valence-corrected chi connectivity index (χ0v) is 9.41. The van der Waals surface area contributed by atoms with Crippen molar-refractivity contribution in [2.45, 2.75) is 39.7 Å². The smallest absolute Gasteiger partial charge is 0.125 e. The number of nitrogens with one attached hydrogen (secondary N) is 1. The quantitative estimate of drug-likeness (QED) is 0.793. The van der Waals surface area contributed by atoms with E-state index in [4.69, 9.17) is 0 Å². The van der Waals surface area contributed by atoms with Gasteiger partial charge in [0.05, 0.1) is 0 Å². The number of hydrogen-bond acceptors (Lipinski definition) is 3. The van der Waals surface area contributed by atoms with Gasteiger partial charge >= 0.3 is 0 Å². The molecule has 1 aromatic heterocycles. The minimum absolute atomic E-state index is 0.427. The van der Waals surface area contributed by atoms with Crippen LogP contribution in [0.5, 0.6) is 0 Å². The Morgan fingerprint density at radius 2 is 2.14 bits per heavy atom. The summed E-state index contributed by atoms with van der Waals surface area (Å²) >= 11 is 0. The molecule has 0 aliphatic heterocycles. The van der Waals surface area contributed by atoms with Gasteiger partial charge in [-0.05, 0) is 26.5 Å². The average Bonchev–Trinajstić information content (AvgIpc) is 2.17. The molecule has 0 aromatic carbocycles. The summed E-state index contributed by atoms with van der Waals surface area (Å²) < 4.78 is 0. The molecular formula is C11H19N3. The van der Waals surface area contributed by atoms with E-state index in [0.29, 0.717) is 12.0 Å². The Balaban J connectivity index is 2.73. The van der Waals surface area contributed by atoms with Crippen molar-refractivity contribution in [2.75, 3.05) is 6.54 Å². The summed E-state index contributed by atoms with van der Waals surface area (Å²) in [6, 6.07) is 2.44. The van der Waals surface area contributed by atoms with Crippen LogP contribution in [-0.4, -0.2) is 22.6 Å². The summed E-state index contributed by atoms with van der Waals surface area (Å²) in [6.45, 7) is 9.42.